The number of piperazine rings is 1. The zero-order valence-electron chi connectivity index (χ0n) is 10.4. The van der Waals surface area contributed by atoms with Gasteiger partial charge in [-0.3, -0.25) is 4.90 Å². The van der Waals surface area contributed by atoms with Crippen molar-refractivity contribution in [3.8, 4) is 0 Å². The van der Waals surface area contributed by atoms with Crippen LogP contribution in [0.1, 0.15) is 5.56 Å². The van der Waals surface area contributed by atoms with Gasteiger partial charge in [0.1, 0.15) is 0 Å². The molecule has 2 saturated heterocycles. The number of fused-ring (bicyclic) bond motifs is 1. The number of carbonyl (C=O) groups excluding carboxylic acids is 1. The minimum Gasteiger partial charge on any atom is -0.336 e. The van der Waals surface area contributed by atoms with E-state index in [1.165, 1.54) is 0 Å². The Labute approximate surface area is 122 Å². The summed E-state index contributed by atoms with van der Waals surface area (Å²) in [4.78, 5) is 15.8. The lowest BCUT2D eigenvalue weighted by Crippen LogP contribution is -2.51. The molecule has 1 aromatic rings. The van der Waals surface area contributed by atoms with E-state index in [1.54, 1.807) is 6.07 Å². The summed E-state index contributed by atoms with van der Waals surface area (Å²) in [6, 6.07) is 6.05. The lowest BCUT2D eigenvalue weighted by atomic mass is 10.1. The smallest absolute Gasteiger partial charge is 0.317 e. The van der Waals surface area contributed by atoms with E-state index in [2.05, 4.69) is 10.2 Å². The van der Waals surface area contributed by atoms with Crippen LogP contribution in [0.25, 0.3) is 0 Å². The van der Waals surface area contributed by atoms with Crippen molar-refractivity contribution < 1.29 is 4.79 Å². The summed E-state index contributed by atoms with van der Waals surface area (Å²) in [6.07, 6.45) is 0. The number of nitrogens with zero attached hydrogens (tertiary/aromatic N) is 2. The number of hydrogen-bond acceptors (Lipinski definition) is 2. The summed E-state index contributed by atoms with van der Waals surface area (Å²) >= 11 is 12.2. The Balaban J connectivity index is 1.68. The Hall–Kier alpha value is -0.970. The molecule has 2 aliphatic rings. The predicted octanol–water partition coefficient (Wildman–Crippen LogP) is 2.20. The maximum atomic E-state index is 11.5. The van der Waals surface area contributed by atoms with Crippen LogP contribution in [0.4, 0.5) is 4.79 Å². The topological polar surface area (TPSA) is 35.6 Å². The van der Waals surface area contributed by atoms with Gasteiger partial charge in [-0.1, -0.05) is 35.3 Å². The average molecular weight is 300 g/mol. The molecule has 0 saturated carbocycles. The number of amides is 2. The van der Waals surface area contributed by atoms with Gasteiger partial charge in [0.05, 0.1) is 16.1 Å². The van der Waals surface area contributed by atoms with Gasteiger partial charge in [0, 0.05) is 32.7 Å². The Morgan fingerprint density at radius 3 is 3.00 bits per heavy atom. The quantitative estimate of drug-likeness (QED) is 0.909. The third-order valence-electron chi connectivity index (χ3n) is 3.74. The molecule has 1 atom stereocenters. The first kappa shape index (κ1) is 13.0. The molecule has 19 heavy (non-hydrogen) atoms. The molecule has 2 amide bonds. The average Bonchev–Trinajstić information content (AvgIpc) is 2.76. The number of rotatable bonds is 2. The predicted molar refractivity (Wildman–Crippen MR) is 75.6 cm³/mol. The second kappa shape index (κ2) is 5.19. The van der Waals surface area contributed by atoms with Crippen LogP contribution in [-0.2, 0) is 6.54 Å². The van der Waals surface area contributed by atoms with Gasteiger partial charge in [-0.15, -0.1) is 0 Å². The number of urea groups is 1. The molecule has 3 rings (SSSR count). The molecule has 2 fully saturated rings. The SMILES string of the molecule is O=C1NCC2CN(Cc3cccc(Cl)c3Cl)CCN12. The number of halogens is 2. The van der Waals surface area contributed by atoms with Gasteiger partial charge in [-0.25, -0.2) is 4.79 Å². The van der Waals surface area contributed by atoms with Crippen LogP contribution >= 0.6 is 23.2 Å². The highest BCUT2D eigenvalue weighted by Crippen LogP contribution is 2.27. The fourth-order valence-electron chi connectivity index (χ4n) is 2.72. The maximum absolute atomic E-state index is 11.5. The summed E-state index contributed by atoms with van der Waals surface area (Å²) in [5.41, 5.74) is 1.04. The molecular weight excluding hydrogens is 285 g/mol. The molecule has 0 aromatic heterocycles. The molecule has 2 heterocycles. The van der Waals surface area contributed by atoms with Crippen LogP contribution in [-0.4, -0.2) is 48.1 Å². The van der Waals surface area contributed by atoms with E-state index in [0.29, 0.717) is 10.0 Å². The van der Waals surface area contributed by atoms with Gasteiger partial charge in [-0.05, 0) is 11.6 Å². The molecule has 0 spiro atoms. The maximum Gasteiger partial charge on any atom is 0.317 e. The van der Waals surface area contributed by atoms with Crippen LogP contribution in [0.5, 0.6) is 0 Å². The molecule has 6 heteroatoms. The van der Waals surface area contributed by atoms with Crippen molar-refractivity contribution in [3.63, 3.8) is 0 Å². The Morgan fingerprint density at radius 1 is 1.32 bits per heavy atom. The van der Waals surface area contributed by atoms with Crippen molar-refractivity contribution >= 4 is 29.2 Å². The molecule has 0 bridgehead atoms. The minimum absolute atomic E-state index is 0.0606. The van der Waals surface area contributed by atoms with Crippen LogP contribution < -0.4 is 5.32 Å². The number of nitrogens with one attached hydrogen (secondary N) is 1. The zero-order chi connectivity index (χ0) is 13.4. The van der Waals surface area contributed by atoms with Crippen molar-refractivity contribution in [2.24, 2.45) is 0 Å². The largest absolute Gasteiger partial charge is 0.336 e. The Kier molecular flexibility index (Phi) is 3.56. The molecule has 1 unspecified atom stereocenters. The van der Waals surface area contributed by atoms with Gasteiger partial charge >= 0.3 is 6.03 Å². The van der Waals surface area contributed by atoms with E-state index >= 15 is 0 Å². The molecular formula is C13H15Cl2N3O. The first-order valence-electron chi connectivity index (χ1n) is 6.35. The van der Waals surface area contributed by atoms with E-state index in [9.17, 15) is 4.79 Å². The second-order valence-corrected chi connectivity index (χ2v) is 5.77. The van der Waals surface area contributed by atoms with Gasteiger partial charge in [0.15, 0.2) is 0 Å². The standard InChI is InChI=1S/C13H15Cl2N3O/c14-11-3-1-2-9(12(11)15)7-17-4-5-18-10(8-17)6-16-13(18)19/h1-3,10H,4-8H2,(H,16,19). The highest BCUT2D eigenvalue weighted by atomic mass is 35.5. The van der Waals surface area contributed by atoms with E-state index in [1.807, 2.05) is 17.0 Å². The van der Waals surface area contributed by atoms with Crippen LogP contribution in [0.15, 0.2) is 18.2 Å². The van der Waals surface area contributed by atoms with E-state index < -0.39 is 0 Å². The monoisotopic (exact) mass is 299 g/mol. The van der Waals surface area contributed by atoms with Gasteiger partial charge < -0.3 is 10.2 Å². The van der Waals surface area contributed by atoms with E-state index in [4.69, 9.17) is 23.2 Å². The molecule has 4 nitrogen and oxygen atoms in total. The molecule has 1 N–H and O–H groups in total. The van der Waals surface area contributed by atoms with Crippen molar-refractivity contribution in [1.29, 1.82) is 0 Å². The number of hydrogen-bond donors (Lipinski definition) is 1. The number of benzene rings is 1. The lowest BCUT2D eigenvalue weighted by molar-refractivity contribution is 0.116. The first-order chi connectivity index (χ1) is 9.15. The zero-order valence-corrected chi connectivity index (χ0v) is 11.9. The highest BCUT2D eigenvalue weighted by molar-refractivity contribution is 6.42. The molecule has 1 aromatic carbocycles. The Bertz CT molecular complexity index is 509. The summed E-state index contributed by atoms with van der Waals surface area (Å²) in [5, 5.41) is 4.10. The van der Waals surface area contributed by atoms with Crippen LogP contribution in [0, 0.1) is 0 Å². The Morgan fingerprint density at radius 2 is 2.16 bits per heavy atom. The van der Waals surface area contributed by atoms with Gasteiger partial charge in [0.25, 0.3) is 0 Å². The third-order valence-corrected chi connectivity index (χ3v) is 4.60. The minimum atomic E-state index is 0.0606. The van der Waals surface area contributed by atoms with Gasteiger partial charge in [-0.2, -0.15) is 0 Å². The van der Waals surface area contributed by atoms with Crippen molar-refractivity contribution in [3.05, 3.63) is 33.8 Å². The summed E-state index contributed by atoms with van der Waals surface area (Å²) in [7, 11) is 0. The molecule has 102 valence electrons. The summed E-state index contributed by atoms with van der Waals surface area (Å²) in [6.45, 7) is 4.03. The van der Waals surface area contributed by atoms with Crippen LogP contribution in [0.3, 0.4) is 0 Å². The fourth-order valence-corrected chi connectivity index (χ4v) is 3.10. The second-order valence-electron chi connectivity index (χ2n) is 4.98. The van der Waals surface area contributed by atoms with Gasteiger partial charge in [0.2, 0.25) is 0 Å². The fraction of sp³-hybridized carbons (Fsp3) is 0.462. The van der Waals surface area contributed by atoms with Crippen molar-refractivity contribution in [2.45, 2.75) is 12.6 Å². The lowest BCUT2D eigenvalue weighted by Gasteiger charge is -2.36. The number of carbonyl (C=O) groups is 1. The van der Waals surface area contributed by atoms with Crippen molar-refractivity contribution in [2.75, 3.05) is 26.2 Å². The molecule has 0 radical (unpaired) electrons. The highest BCUT2D eigenvalue weighted by Gasteiger charge is 2.35. The van der Waals surface area contributed by atoms with Crippen LogP contribution in [0.2, 0.25) is 10.0 Å². The summed E-state index contributed by atoms with van der Waals surface area (Å²) < 4.78 is 0. The van der Waals surface area contributed by atoms with E-state index in [0.717, 1.165) is 38.3 Å². The molecule has 2 aliphatic heterocycles. The third kappa shape index (κ3) is 2.53. The first-order valence-corrected chi connectivity index (χ1v) is 7.10. The van der Waals surface area contributed by atoms with Crippen molar-refractivity contribution in [1.82, 2.24) is 15.1 Å². The van der Waals surface area contributed by atoms with E-state index in [-0.39, 0.29) is 12.1 Å². The normalized spacial score (nSPS) is 23.4. The molecule has 0 aliphatic carbocycles. The summed E-state index contributed by atoms with van der Waals surface area (Å²) in [5.74, 6) is 0.